The van der Waals surface area contributed by atoms with Gasteiger partial charge in [-0.2, -0.15) is 5.26 Å². The second-order valence-corrected chi connectivity index (χ2v) is 3.24. The van der Waals surface area contributed by atoms with Crippen LogP contribution in [0.1, 0.15) is 18.4 Å². The Kier molecular flexibility index (Phi) is 4.65. The van der Waals surface area contributed by atoms with E-state index < -0.39 is 0 Å². The standard InChI is InChI=1S/C12H16N2O/c1-3-15-12-6-4-10(5-7-12)11(8-13)9-14-2/h4-7,11,14H,3,9H2,1-2H3. The number of ether oxygens (including phenoxy) is 1. The first-order valence-electron chi connectivity index (χ1n) is 5.08. The molecule has 1 aromatic carbocycles. The molecule has 0 radical (unpaired) electrons. The van der Waals surface area contributed by atoms with Crippen molar-refractivity contribution in [1.29, 1.82) is 5.26 Å². The number of nitrogens with zero attached hydrogens (tertiary/aromatic N) is 1. The van der Waals surface area contributed by atoms with Crippen LogP contribution in [0.2, 0.25) is 0 Å². The zero-order valence-electron chi connectivity index (χ0n) is 9.16. The number of hydrogen-bond donors (Lipinski definition) is 1. The summed E-state index contributed by atoms with van der Waals surface area (Å²) in [6, 6.07) is 9.95. The molecule has 3 nitrogen and oxygen atoms in total. The summed E-state index contributed by atoms with van der Waals surface area (Å²) in [4.78, 5) is 0. The van der Waals surface area contributed by atoms with Gasteiger partial charge in [-0.15, -0.1) is 0 Å². The molecule has 0 spiro atoms. The molecule has 0 aliphatic heterocycles. The lowest BCUT2D eigenvalue weighted by molar-refractivity contribution is 0.340. The molecule has 0 aliphatic rings. The minimum Gasteiger partial charge on any atom is -0.494 e. The van der Waals surface area contributed by atoms with Crippen molar-refractivity contribution in [2.75, 3.05) is 20.2 Å². The molecule has 0 bridgehead atoms. The highest BCUT2D eigenvalue weighted by molar-refractivity contribution is 5.32. The number of nitriles is 1. The molecule has 0 aliphatic carbocycles. The molecule has 0 fully saturated rings. The predicted octanol–water partition coefficient (Wildman–Crippen LogP) is 1.91. The maximum absolute atomic E-state index is 8.96. The number of hydrogen-bond acceptors (Lipinski definition) is 3. The molecule has 0 saturated carbocycles. The topological polar surface area (TPSA) is 45.0 Å². The number of nitrogens with one attached hydrogen (secondary N) is 1. The smallest absolute Gasteiger partial charge is 0.119 e. The Morgan fingerprint density at radius 1 is 1.40 bits per heavy atom. The van der Waals surface area contributed by atoms with Crippen molar-refractivity contribution in [3.63, 3.8) is 0 Å². The van der Waals surface area contributed by atoms with E-state index in [2.05, 4.69) is 11.4 Å². The maximum Gasteiger partial charge on any atom is 0.119 e. The van der Waals surface area contributed by atoms with Crippen molar-refractivity contribution < 1.29 is 4.74 Å². The van der Waals surface area contributed by atoms with E-state index in [1.807, 2.05) is 38.2 Å². The van der Waals surface area contributed by atoms with Crippen molar-refractivity contribution in [2.45, 2.75) is 12.8 Å². The second-order valence-electron chi connectivity index (χ2n) is 3.24. The van der Waals surface area contributed by atoms with Crippen molar-refractivity contribution in [3.05, 3.63) is 29.8 Å². The predicted molar refractivity (Wildman–Crippen MR) is 59.9 cm³/mol. The van der Waals surface area contributed by atoms with Crippen LogP contribution < -0.4 is 10.1 Å². The van der Waals surface area contributed by atoms with Gasteiger partial charge in [-0.05, 0) is 31.7 Å². The summed E-state index contributed by atoms with van der Waals surface area (Å²) in [7, 11) is 1.85. The summed E-state index contributed by atoms with van der Waals surface area (Å²) in [5, 5.41) is 12.0. The molecule has 0 heterocycles. The maximum atomic E-state index is 8.96. The zero-order chi connectivity index (χ0) is 11.1. The molecule has 3 heteroatoms. The molecule has 15 heavy (non-hydrogen) atoms. The highest BCUT2D eigenvalue weighted by Crippen LogP contribution is 2.18. The van der Waals surface area contributed by atoms with E-state index in [0.29, 0.717) is 13.2 Å². The third kappa shape index (κ3) is 3.26. The molecule has 0 amide bonds. The van der Waals surface area contributed by atoms with Gasteiger partial charge in [-0.3, -0.25) is 0 Å². The van der Waals surface area contributed by atoms with E-state index in [1.165, 1.54) is 0 Å². The largest absolute Gasteiger partial charge is 0.494 e. The van der Waals surface area contributed by atoms with Gasteiger partial charge in [-0.25, -0.2) is 0 Å². The summed E-state index contributed by atoms with van der Waals surface area (Å²) >= 11 is 0. The van der Waals surface area contributed by atoms with Crippen LogP contribution in [0.3, 0.4) is 0 Å². The fourth-order valence-electron chi connectivity index (χ4n) is 1.41. The van der Waals surface area contributed by atoms with Crippen LogP contribution in [0.4, 0.5) is 0 Å². The van der Waals surface area contributed by atoms with Gasteiger partial charge >= 0.3 is 0 Å². The van der Waals surface area contributed by atoms with Gasteiger partial charge in [0, 0.05) is 6.54 Å². The summed E-state index contributed by atoms with van der Waals surface area (Å²) < 4.78 is 5.34. The Morgan fingerprint density at radius 3 is 2.53 bits per heavy atom. The van der Waals surface area contributed by atoms with E-state index in [9.17, 15) is 0 Å². The summed E-state index contributed by atoms with van der Waals surface area (Å²) in [6.45, 7) is 3.29. The highest BCUT2D eigenvalue weighted by Gasteiger charge is 2.08. The van der Waals surface area contributed by atoms with Gasteiger partial charge in [0.25, 0.3) is 0 Å². The molecule has 80 valence electrons. The van der Waals surface area contributed by atoms with Crippen LogP contribution in [-0.4, -0.2) is 20.2 Å². The normalized spacial score (nSPS) is 11.8. The molecule has 0 aromatic heterocycles. The lowest BCUT2D eigenvalue weighted by atomic mass is 10.0. The summed E-state index contributed by atoms with van der Waals surface area (Å²) in [5.41, 5.74) is 1.02. The fraction of sp³-hybridized carbons (Fsp3) is 0.417. The van der Waals surface area contributed by atoms with Crippen LogP contribution in [0.5, 0.6) is 5.75 Å². The van der Waals surface area contributed by atoms with E-state index in [0.717, 1.165) is 11.3 Å². The Morgan fingerprint density at radius 2 is 2.07 bits per heavy atom. The van der Waals surface area contributed by atoms with Crippen LogP contribution in [0.25, 0.3) is 0 Å². The second kappa shape index (κ2) is 6.05. The first-order valence-corrected chi connectivity index (χ1v) is 5.08. The first-order chi connectivity index (χ1) is 7.31. The zero-order valence-corrected chi connectivity index (χ0v) is 9.16. The van der Waals surface area contributed by atoms with Gasteiger partial charge < -0.3 is 10.1 Å². The Hall–Kier alpha value is -1.53. The Bertz CT molecular complexity index is 326. The number of benzene rings is 1. The average molecular weight is 204 g/mol. The first kappa shape index (κ1) is 11.5. The van der Waals surface area contributed by atoms with Gasteiger partial charge in [-0.1, -0.05) is 12.1 Å². The SMILES string of the molecule is CCOc1ccc(C(C#N)CNC)cc1. The fourth-order valence-corrected chi connectivity index (χ4v) is 1.41. The van der Waals surface area contributed by atoms with Crippen molar-refractivity contribution >= 4 is 0 Å². The van der Waals surface area contributed by atoms with Crippen LogP contribution in [0.15, 0.2) is 24.3 Å². The molecule has 1 unspecified atom stereocenters. The lowest BCUT2D eigenvalue weighted by Crippen LogP contribution is -2.15. The molecular weight excluding hydrogens is 188 g/mol. The molecule has 0 saturated heterocycles. The van der Waals surface area contributed by atoms with Gasteiger partial charge in [0.15, 0.2) is 0 Å². The molecule has 1 aromatic rings. The third-order valence-corrected chi connectivity index (χ3v) is 2.16. The summed E-state index contributed by atoms with van der Waals surface area (Å²) in [6.07, 6.45) is 0. The number of likely N-dealkylation sites (N-methyl/N-ethyl adjacent to an activating group) is 1. The average Bonchev–Trinajstić information content (AvgIpc) is 2.28. The third-order valence-electron chi connectivity index (χ3n) is 2.16. The number of rotatable bonds is 5. The van der Waals surface area contributed by atoms with Crippen LogP contribution in [-0.2, 0) is 0 Å². The van der Waals surface area contributed by atoms with Gasteiger partial charge in [0.2, 0.25) is 0 Å². The molecule has 1 rings (SSSR count). The Balaban J connectivity index is 2.74. The van der Waals surface area contributed by atoms with Crippen LogP contribution >= 0.6 is 0 Å². The van der Waals surface area contributed by atoms with Crippen molar-refractivity contribution in [3.8, 4) is 11.8 Å². The van der Waals surface area contributed by atoms with Crippen molar-refractivity contribution in [1.82, 2.24) is 5.32 Å². The Labute approximate surface area is 90.7 Å². The van der Waals surface area contributed by atoms with Crippen LogP contribution in [0, 0.1) is 11.3 Å². The van der Waals surface area contributed by atoms with E-state index >= 15 is 0 Å². The monoisotopic (exact) mass is 204 g/mol. The summed E-state index contributed by atoms with van der Waals surface area (Å²) in [5.74, 6) is 0.757. The van der Waals surface area contributed by atoms with Gasteiger partial charge in [0.1, 0.15) is 5.75 Å². The molecule has 1 atom stereocenters. The van der Waals surface area contributed by atoms with Gasteiger partial charge in [0.05, 0.1) is 18.6 Å². The molecular formula is C12H16N2O. The van der Waals surface area contributed by atoms with E-state index in [-0.39, 0.29) is 5.92 Å². The quantitative estimate of drug-likeness (QED) is 0.796. The minimum absolute atomic E-state index is 0.0920. The molecule has 1 N–H and O–H groups in total. The minimum atomic E-state index is -0.0920. The van der Waals surface area contributed by atoms with E-state index in [1.54, 1.807) is 0 Å². The highest BCUT2D eigenvalue weighted by atomic mass is 16.5. The lowest BCUT2D eigenvalue weighted by Gasteiger charge is -2.09. The van der Waals surface area contributed by atoms with E-state index in [4.69, 9.17) is 10.00 Å². The van der Waals surface area contributed by atoms with Crippen molar-refractivity contribution in [2.24, 2.45) is 0 Å².